The van der Waals surface area contributed by atoms with Crippen molar-refractivity contribution in [2.75, 3.05) is 11.9 Å². The van der Waals surface area contributed by atoms with Crippen molar-refractivity contribution in [1.29, 1.82) is 0 Å². The van der Waals surface area contributed by atoms with Crippen molar-refractivity contribution in [2.24, 2.45) is 0 Å². The molecule has 0 aliphatic carbocycles. The average Bonchev–Trinajstić information content (AvgIpc) is 2.53. The van der Waals surface area contributed by atoms with E-state index in [0.29, 0.717) is 6.04 Å². The van der Waals surface area contributed by atoms with Gasteiger partial charge in [0.25, 0.3) is 0 Å². The van der Waals surface area contributed by atoms with Gasteiger partial charge in [-0.05, 0) is 37.2 Å². The van der Waals surface area contributed by atoms with E-state index in [2.05, 4.69) is 41.4 Å². The third-order valence-corrected chi connectivity index (χ3v) is 3.04. The first-order valence-corrected chi connectivity index (χ1v) is 5.23. The van der Waals surface area contributed by atoms with Crippen molar-refractivity contribution >= 4 is 23.0 Å². The summed E-state index contributed by atoms with van der Waals surface area (Å²) >= 11 is 5.28. The van der Waals surface area contributed by atoms with Gasteiger partial charge in [-0.1, -0.05) is 18.2 Å². The topological polar surface area (TPSA) is 15.3 Å². The number of thiocarbonyl (C=S) groups is 1. The van der Waals surface area contributed by atoms with E-state index in [1.807, 2.05) is 7.05 Å². The summed E-state index contributed by atoms with van der Waals surface area (Å²) in [7, 11) is 1.87. The zero-order chi connectivity index (χ0) is 10.1. The summed E-state index contributed by atoms with van der Waals surface area (Å²) in [4.78, 5) is 2.19. The largest absolute Gasteiger partial charge is 0.365 e. The summed E-state index contributed by atoms with van der Waals surface area (Å²) < 4.78 is 0. The molecular weight excluding hydrogens is 192 g/mol. The first kappa shape index (κ1) is 9.46. The Balaban J connectivity index is 2.39. The highest BCUT2D eigenvalue weighted by molar-refractivity contribution is 7.80. The summed E-state index contributed by atoms with van der Waals surface area (Å²) in [5, 5.41) is 3.84. The van der Waals surface area contributed by atoms with E-state index >= 15 is 0 Å². The van der Waals surface area contributed by atoms with Crippen LogP contribution in [0.2, 0.25) is 0 Å². The summed E-state index contributed by atoms with van der Waals surface area (Å²) in [6.07, 6.45) is 1.08. The van der Waals surface area contributed by atoms with Crippen molar-refractivity contribution in [3.8, 4) is 0 Å². The molecule has 0 spiro atoms. The second kappa shape index (κ2) is 3.58. The Bertz CT molecular complexity index is 362. The van der Waals surface area contributed by atoms with Crippen molar-refractivity contribution in [3.05, 3.63) is 29.8 Å². The fraction of sp³-hybridized carbons (Fsp3) is 0.364. The average molecular weight is 206 g/mol. The van der Waals surface area contributed by atoms with E-state index in [1.165, 1.54) is 11.3 Å². The quantitative estimate of drug-likeness (QED) is 0.653. The molecule has 1 aliphatic rings. The lowest BCUT2D eigenvalue weighted by atomic mass is 10.1. The van der Waals surface area contributed by atoms with Crippen LogP contribution in [0.1, 0.15) is 12.5 Å². The van der Waals surface area contributed by atoms with Gasteiger partial charge in [-0.2, -0.15) is 0 Å². The minimum Gasteiger partial charge on any atom is -0.365 e. The molecule has 0 radical (unpaired) electrons. The highest BCUT2D eigenvalue weighted by Gasteiger charge is 2.27. The minimum atomic E-state index is 0.465. The second-order valence-corrected chi connectivity index (χ2v) is 3.99. The molecule has 1 heterocycles. The molecule has 2 nitrogen and oxygen atoms in total. The Morgan fingerprint density at radius 2 is 2.21 bits per heavy atom. The van der Waals surface area contributed by atoms with Crippen LogP contribution in [0.25, 0.3) is 0 Å². The number of nitrogens with zero attached hydrogens (tertiary/aromatic N) is 1. The normalized spacial score (nSPS) is 19.3. The number of rotatable bonds is 0. The number of fused-ring (bicyclic) bond motifs is 1. The molecular formula is C11H14N2S. The minimum absolute atomic E-state index is 0.465. The number of para-hydroxylation sites is 1. The van der Waals surface area contributed by atoms with Gasteiger partial charge in [-0.15, -0.1) is 0 Å². The maximum atomic E-state index is 5.28. The van der Waals surface area contributed by atoms with E-state index in [0.717, 1.165) is 11.5 Å². The molecule has 0 saturated heterocycles. The Labute approximate surface area is 89.9 Å². The predicted octanol–water partition coefficient (Wildman–Crippen LogP) is 1.94. The molecule has 0 fully saturated rings. The lowest BCUT2D eigenvalue weighted by Crippen LogP contribution is -2.41. The van der Waals surface area contributed by atoms with Crippen LogP contribution in [0.3, 0.4) is 0 Å². The van der Waals surface area contributed by atoms with Crippen molar-refractivity contribution in [3.63, 3.8) is 0 Å². The van der Waals surface area contributed by atoms with Gasteiger partial charge in [-0.3, -0.25) is 0 Å². The molecule has 1 atom stereocenters. The number of benzene rings is 1. The maximum Gasteiger partial charge on any atom is 0.173 e. The van der Waals surface area contributed by atoms with E-state index < -0.39 is 0 Å². The first-order valence-electron chi connectivity index (χ1n) is 4.83. The van der Waals surface area contributed by atoms with E-state index in [4.69, 9.17) is 12.2 Å². The third kappa shape index (κ3) is 1.38. The van der Waals surface area contributed by atoms with Crippen LogP contribution >= 0.6 is 12.2 Å². The van der Waals surface area contributed by atoms with Crippen LogP contribution in [0.5, 0.6) is 0 Å². The number of hydrogen-bond donors (Lipinski definition) is 1. The van der Waals surface area contributed by atoms with Crippen LogP contribution in [0.15, 0.2) is 24.3 Å². The Kier molecular flexibility index (Phi) is 2.42. The van der Waals surface area contributed by atoms with Gasteiger partial charge < -0.3 is 10.2 Å². The lowest BCUT2D eigenvalue weighted by molar-refractivity contribution is 0.767. The van der Waals surface area contributed by atoms with Crippen molar-refractivity contribution in [1.82, 2.24) is 5.32 Å². The van der Waals surface area contributed by atoms with Gasteiger partial charge in [-0.25, -0.2) is 0 Å². The molecule has 1 aliphatic heterocycles. The lowest BCUT2D eigenvalue weighted by Gasteiger charge is -2.24. The molecule has 0 aromatic heterocycles. The first-order chi connectivity index (χ1) is 6.74. The van der Waals surface area contributed by atoms with Gasteiger partial charge in [0, 0.05) is 18.8 Å². The van der Waals surface area contributed by atoms with E-state index in [1.54, 1.807) is 0 Å². The molecule has 1 aromatic rings. The second-order valence-electron chi connectivity index (χ2n) is 3.61. The van der Waals surface area contributed by atoms with Gasteiger partial charge in [0.05, 0.1) is 0 Å². The highest BCUT2D eigenvalue weighted by atomic mass is 32.1. The van der Waals surface area contributed by atoms with Crippen LogP contribution in [0, 0.1) is 0 Å². The monoisotopic (exact) mass is 206 g/mol. The summed E-state index contributed by atoms with van der Waals surface area (Å²) in [6.45, 7) is 2.20. The van der Waals surface area contributed by atoms with Gasteiger partial charge in [0.2, 0.25) is 0 Å². The zero-order valence-electron chi connectivity index (χ0n) is 8.45. The molecule has 1 N–H and O–H groups in total. The Morgan fingerprint density at radius 1 is 1.50 bits per heavy atom. The van der Waals surface area contributed by atoms with Crippen molar-refractivity contribution < 1.29 is 0 Å². The smallest absolute Gasteiger partial charge is 0.173 e. The molecule has 2 rings (SSSR count). The number of nitrogens with one attached hydrogen (secondary N) is 1. The summed E-state index contributed by atoms with van der Waals surface area (Å²) in [5.41, 5.74) is 2.64. The molecule has 0 saturated carbocycles. The van der Waals surface area contributed by atoms with Gasteiger partial charge >= 0.3 is 0 Å². The molecule has 74 valence electrons. The fourth-order valence-corrected chi connectivity index (χ4v) is 2.27. The molecule has 0 bridgehead atoms. The number of anilines is 1. The van der Waals surface area contributed by atoms with E-state index in [-0.39, 0.29) is 0 Å². The zero-order valence-corrected chi connectivity index (χ0v) is 9.27. The maximum absolute atomic E-state index is 5.28. The Hall–Kier alpha value is -1.09. The molecule has 1 aromatic carbocycles. The summed E-state index contributed by atoms with van der Waals surface area (Å²) in [5.74, 6) is 0. The third-order valence-electron chi connectivity index (χ3n) is 2.64. The highest BCUT2D eigenvalue weighted by Crippen LogP contribution is 2.31. The van der Waals surface area contributed by atoms with Crippen LogP contribution in [-0.4, -0.2) is 18.2 Å². The fourth-order valence-electron chi connectivity index (χ4n) is 2.00. The van der Waals surface area contributed by atoms with Crippen LogP contribution in [0.4, 0.5) is 5.69 Å². The summed E-state index contributed by atoms with van der Waals surface area (Å²) in [6, 6.07) is 8.90. The standard InChI is InChI=1S/C11H14N2S/c1-8-7-9-5-3-4-6-10(9)13(8)11(14)12-2/h3-6,8H,7H2,1-2H3,(H,12,14). The van der Waals surface area contributed by atoms with Gasteiger partial charge in [0.15, 0.2) is 5.11 Å². The van der Waals surface area contributed by atoms with Gasteiger partial charge in [0.1, 0.15) is 0 Å². The van der Waals surface area contributed by atoms with Crippen LogP contribution < -0.4 is 10.2 Å². The van der Waals surface area contributed by atoms with Crippen molar-refractivity contribution in [2.45, 2.75) is 19.4 Å². The predicted molar refractivity (Wildman–Crippen MR) is 63.7 cm³/mol. The molecule has 1 unspecified atom stereocenters. The molecule has 3 heteroatoms. The molecule has 0 amide bonds. The number of hydrogen-bond acceptors (Lipinski definition) is 1. The molecule has 14 heavy (non-hydrogen) atoms. The van der Waals surface area contributed by atoms with Crippen LogP contribution in [-0.2, 0) is 6.42 Å². The van der Waals surface area contributed by atoms with E-state index in [9.17, 15) is 0 Å². The SMILES string of the molecule is CNC(=S)N1c2ccccc2CC1C. The Morgan fingerprint density at radius 3 is 2.93 bits per heavy atom.